The van der Waals surface area contributed by atoms with Crippen molar-refractivity contribution in [1.29, 1.82) is 0 Å². The number of nitrogens with one attached hydrogen (secondary N) is 1. The van der Waals surface area contributed by atoms with Gasteiger partial charge in [-0.05, 0) is 37.5 Å². The fraction of sp³-hybridized carbons (Fsp3) is 0.368. The van der Waals surface area contributed by atoms with Gasteiger partial charge < -0.3 is 9.73 Å². The highest BCUT2D eigenvalue weighted by Gasteiger charge is 2.29. The molecule has 2 aromatic rings. The van der Waals surface area contributed by atoms with E-state index in [0.717, 1.165) is 11.1 Å². The molecule has 2 rings (SSSR count). The van der Waals surface area contributed by atoms with Crippen molar-refractivity contribution in [3.63, 3.8) is 0 Å². The molecule has 4 heteroatoms. The van der Waals surface area contributed by atoms with Gasteiger partial charge in [0.2, 0.25) is 5.91 Å². The highest BCUT2D eigenvalue weighted by atomic mass is 16.4. The fourth-order valence-corrected chi connectivity index (χ4v) is 2.24. The third kappa shape index (κ3) is 3.81. The van der Waals surface area contributed by atoms with Gasteiger partial charge in [0.05, 0.1) is 12.0 Å². The maximum absolute atomic E-state index is 12.4. The Bertz CT molecular complexity index is 719. The molecule has 0 aliphatic rings. The smallest absolute Gasteiger partial charge is 0.346 e. The first-order valence-electron chi connectivity index (χ1n) is 7.71. The van der Waals surface area contributed by atoms with Crippen LogP contribution in [0.4, 0.5) is 5.88 Å². The van der Waals surface area contributed by atoms with Gasteiger partial charge in [-0.15, -0.1) is 0 Å². The van der Waals surface area contributed by atoms with Crippen LogP contribution in [-0.2, 0) is 10.2 Å². The van der Waals surface area contributed by atoms with Crippen molar-refractivity contribution < 1.29 is 9.21 Å². The topological polar surface area (TPSA) is 46.6 Å². The number of carbonyl (C=O) groups is 1. The lowest BCUT2D eigenvalue weighted by molar-refractivity contribution is -0.125. The van der Waals surface area contributed by atoms with Crippen molar-refractivity contribution in [3.8, 4) is 11.3 Å². The van der Waals surface area contributed by atoms with Gasteiger partial charge in [0.1, 0.15) is 5.76 Å². The molecule has 0 radical (unpaired) electrons. The van der Waals surface area contributed by atoms with Crippen LogP contribution in [0.5, 0.6) is 0 Å². The molecule has 0 aliphatic heterocycles. The van der Waals surface area contributed by atoms with Crippen LogP contribution in [0, 0.1) is 12.5 Å². The number of rotatable bonds is 5. The molecular formula is C19H22N2O2. The molecule has 23 heavy (non-hydrogen) atoms. The average molecular weight is 310 g/mol. The highest BCUT2D eigenvalue weighted by molar-refractivity contribution is 5.87. The molecule has 0 saturated heterocycles. The predicted octanol–water partition coefficient (Wildman–Crippen LogP) is 4.55. The molecule has 0 aliphatic carbocycles. The predicted molar refractivity (Wildman–Crippen MR) is 91.3 cm³/mol. The van der Waals surface area contributed by atoms with Crippen LogP contribution in [0.25, 0.3) is 16.2 Å². The summed E-state index contributed by atoms with van der Waals surface area (Å²) in [5.41, 5.74) is 1.24. The summed E-state index contributed by atoms with van der Waals surface area (Å²) in [4.78, 5) is 15.7. The van der Waals surface area contributed by atoms with Crippen molar-refractivity contribution in [1.82, 2.24) is 5.32 Å². The van der Waals surface area contributed by atoms with Crippen LogP contribution in [-0.4, -0.2) is 12.5 Å². The van der Waals surface area contributed by atoms with Gasteiger partial charge in [-0.25, -0.2) is 0 Å². The molecule has 1 N–H and O–H groups in total. The Balaban J connectivity index is 2.17. The van der Waals surface area contributed by atoms with Crippen LogP contribution >= 0.6 is 0 Å². The molecule has 0 atom stereocenters. The quantitative estimate of drug-likeness (QED) is 0.824. The number of furan rings is 1. The summed E-state index contributed by atoms with van der Waals surface area (Å²) >= 11 is 0. The summed E-state index contributed by atoms with van der Waals surface area (Å²) < 4.78 is 5.42. The van der Waals surface area contributed by atoms with Gasteiger partial charge in [0.15, 0.2) is 0 Å². The van der Waals surface area contributed by atoms with E-state index in [1.165, 1.54) is 0 Å². The second kappa shape index (κ2) is 6.70. The first-order chi connectivity index (χ1) is 10.8. The maximum Gasteiger partial charge on any atom is 0.346 e. The Kier molecular flexibility index (Phi) is 4.90. The molecule has 0 saturated carbocycles. The summed E-state index contributed by atoms with van der Waals surface area (Å²) in [6.07, 6.45) is 0. The van der Waals surface area contributed by atoms with Crippen LogP contribution in [0.3, 0.4) is 0 Å². The van der Waals surface area contributed by atoms with Gasteiger partial charge in [0.25, 0.3) is 0 Å². The number of nitrogens with zero attached hydrogens (tertiary/aromatic N) is 1. The van der Waals surface area contributed by atoms with Crippen LogP contribution < -0.4 is 5.32 Å². The van der Waals surface area contributed by atoms with E-state index in [2.05, 4.69) is 24.0 Å². The number of amides is 1. The molecule has 1 aromatic heterocycles. The molecule has 1 amide bonds. The van der Waals surface area contributed by atoms with Gasteiger partial charge in [-0.2, -0.15) is 4.85 Å². The SMILES string of the molecule is [C-]#[N+]c1ccc(-c2ccc(C(C)(C)C(=O)NCC(C)C)cc2)o1. The Morgan fingerprint density at radius 1 is 1.22 bits per heavy atom. The van der Waals surface area contributed by atoms with Crippen LogP contribution in [0.1, 0.15) is 33.3 Å². The normalized spacial score (nSPS) is 11.3. The molecule has 4 nitrogen and oxygen atoms in total. The maximum atomic E-state index is 12.4. The van der Waals surface area contributed by atoms with Crippen molar-refractivity contribution in [3.05, 3.63) is 53.4 Å². The highest BCUT2D eigenvalue weighted by Crippen LogP contribution is 2.29. The largest absolute Gasteiger partial charge is 0.480 e. The van der Waals surface area contributed by atoms with E-state index in [9.17, 15) is 4.79 Å². The zero-order valence-corrected chi connectivity index (χ0v) is 14.0. The van der Waals surface area contributed by atoms with Crippen LogP contribution in [0.2, 0.25) is 0 Å². The summed E-state index contributed by atoms with van der Waals surface area (Å²) in [5.74, 6) is 1.38. The lowest BCUT2D eigenvalue weighted by atomic mass is 9.83. The standard InChI is InChI=1S/C19H22N2O2/c1-13(2)12-21-18(22)19(3,4)15-8-6-14(7-9-15)16-10-11-17(20-5)23-16/h6-11,13H,12H2,1-4H3,(H,21,22). The molecule has 120 valence electrons. The molecule has 0 unspecified atom stereocenters. The zero-order chi connectivity index (χ0) is 17.0. The van der Waals surface area contributed by atoms with Gasteiger partial charge >= 0.3 is 5.88 Å². The number of hydrogen-bond acceptors (Lipinski definition) is 2. The van der Waals surface area contributed by atoms with Gasteiger partial charge in [-0.1, -0.05) is 38.1 Å². The summed E-state index contributed by atoms with van der Waals surface area (Å²) in [6.45, 7) is 15.6. The van der Waals surface area contributed by atoms with Crippen molar-refractivity contribution in [2.75, 3.05) is 6.54 Å². The van der Waals surface area contributed by atoms with E-state index >= 15 is 0 Å². The lowest BCUT2D eigenvalue weighted by Gasteiger charge is -2.25. The Hall–Kier alpha value is -2.54. The van der Waals surface area contributed by atoms with Crippen molar-refractivity contribution in [2.24, 2.45) is 5.92 Å². The van der Waals surface area contributed by atoms with E-state index in [4.69, 9.17) is 11.0 Å². The van der Waals surface area contributed by atoms with E-state index in [1.54, 1.807) is 12.1 Å². The van der Waals surface area contributed by atoms with Gasteiger partial charge in [0, 0.05) is 12.1 Å². The number of hydrogen-bond donors (Lipinski definition) is 1. The average Bonchev–Trinajstić information content (AvgIpc) is 3.01. The Labute approximate surface area is 137 Å². The summed E-state index contributed by atoms with van der Waals surface area (Å²) in [5, 5.41) is 2.99. The minimum atomic E-state index is -0.599. The number of benzene rings is 1. The van der Waals surface area contributed by atoms with Gasteiger partial charge in [-0.3, -0.25) is 4.79 Å². The molecular weight excluding hydrogens is 288 g/mol. The van der Waals surface area contributed by atoms with E-state index in [-0.39, 0.29) is 11.8 Å². The zero-order valence-electron chi connectivity index (χ0n) is 14.0. The van der Waals surface area contributed by atoms with E-state index in [0.29, 0.717) is 18.2 Å². The molecule has 1 heterocycles. The third-order valence-electron chi connectivity index (χ3n) is 3.83. The third-order valence-corrected chi connectivity index (χ3v) is 3.83. The second-order valence-electron chi connectivity index (χ2n) is 6.56. The first-order valence-corrected chi connectivity index (χ1v) is 7.71. The van der Waals surface area contributed by atoms with Crippen molar-refractivity contribution in [2.45, 2.75) is 33.1 Å². The molecule has 0 fully saturated rings. The van der Waals surface area contributed by atoms with Crippen molar-refractivity contribution >= 4 is 11.8 Å². The minimum absolute atomic E-state index is 0.0206. The Morgan fingerprint density at radius 3 is 2.39 bits per heavy atom. The monoisotopic (exact) mass is 310 g/mol. The fourth-order valence-electron chi connectivity index (χ4n) is 2.24. The van der Waals surface area contributed by atoms with E-state index < -0.39 is 5.41 Å². The summed E-state index contributed by atoms with van der Waals surface area (Å²) in [6, 6.07) is 11.1. The molecule has 1 aromatic carbocycles. The summed E-state index contributed by atoms with van der Waals surface area (Å²) in [7, 11) is 0. The molecule has 0 bridgehead atoms. The Morgan fingerprint density at radius 2 is 1.87 bits per heavy atom. The van der Waals surface area contributed by atoms with Crippen LogP contribution in [0.15, 0.2) is 40.8 Å². The lowest BCUT2D eigenvalue weighted by Crippen LogP contribution is -2.41. The second-order valence-corrected chi connectivity index (χ2v) is 6.56. The van der Waals surface area contributed by atoms with E-state index in [1.807, 2.05) is 38.1 Å². The minimum Gasteiger partial charge on any atom is -0.480 e. The first kappa shape index (κ1) is 16.8. The molecule has 0 spiro atoms. The number of carbonyl (C=O) groups excluding carboxylic acids is 1.